The molecule has 7 heteroatoms. The lowest BCUT2D eigenvalue weighted by Crippen LogP contribution is -2.17. The summed E-state index contributed by atoms with van der Waals surface area (Å²) in [6.45, 7) is 7.75. The van der Waals surface area contributed by atoms with Crippen LogP contribution >= 0.6 is 11.6 Å². The summed E-state index contributed by atoms with van der Waals surface area (Å²) in [5.74, 6) is 0.744. The fraction of sp³-hybridized carbons (Fsp3) is 0.400. The summed E-state index contributed by atoms with van der Waals surface area (Å²) in [7, 11) is -3.82. The number of nitrogens with zero attached hydrogens (tertiary/aromatic N) is 2. The lowest BCUT2D eigenvalue weighted by atomic mass is 10.2. The van der Waals surface area contributed by atoms with Gasteiger partial charge in [-0.25, -0.2) is 17.4 Å². The highest BCUT2D eigenvalue weighted by Gasteiger charge is 2.26. The third-order valence-electron chi connectivity index (χ3n) is 3.21. The summed E-state index contributed by atoms with van der Waals surface area (Å²) in [5, 5.41) is 0.383. The molecule has 0 saturated heterocycles. The van der Waals surface area contributed by atoms with Crippen molar-refractivity contribution in [1.29, 1.82) is 0 Å². The zero-order chi connectivity index (χ0) is 16.5. The van der Waals surface area contributed by atoms with Gasteiger partial charge >= 0.3 is 0 Å². The van der Waals surface area contributed by atoms with Crippen molar-refractivity contribution in [2.45, 2.75) is 38.5 Å². The maximum Gasteiger partial charge on any atom is 0.272 e. The van der Waals surface area contributed by atoms with Crippen LogP contribution in [0.1, 0.15) is 38.1 Å². The van der Waals surface area contributed by atoms with Crippen LogP contribution in [0.3, 0.4) is 0 Å². The molecule has 0 saturated carbocycles. The Balaban J connectivity index is 2.68. The van der Waals surface area contributed by atoms with E-state index in [4.69, 9.17) is 16.3 Å². The molecule has 22 heavy (non-hydrogen) atoms. The zero-order valence-electron chi connectivity index (χ0n) is 13.0. The van der Waals surface area contributed by atoms with E-state index < -0.39 is 10.0 Å². The molecular formula is C15H19ClN2O3S. The van der Waals surface area contributed by atoms with Crippen LogP contribution in [0, 0.1) is 6.92 Å². The van der Waals surface area contributed by atoms with Gasteiger partial charge in [-0.15, -0.1) is 0 Å². The van der Waals surface area contributed by atoms with Gasteiger partial charge in [0.15, 0.2) is 0 Å². The van der Waals surface area contributed by atoms with Crippen LogP contribution in [0.25, 0.3) is 0 Å². The van der Waals surface area contributed by atoms with E-state index >= 15 is 0 Å². The van der Waals surface area contributed by atoms with Gasteiger partial charge in [-0.1, -0.05) is 25.4 Å². The molecule has 1 heterocycles. The van der Waals surface area contributed by atoms with Crippen molar-refractivity contribution in [3.05, 3.63) is 40.9 Å². The van der Waals surface area contributed by atoms with Gasteiger partial charge in [0.1, 0.15) is 16.5 Å². The van der Waals surface area contributed by atoms with Gasteiger partial charge in [0, 0.05) is 23.3 Å². The zero-order valence-corrected chi connectivity index (χ0v) is 14.6. The molecule has 0 unspecified atom stereocenters. The summed E-state index contributed by atoms with van der Waals surface area (Å²) >= 11 is 6.11. The Morgan fingerprint density at radius 1 is 1.36 bits per heavy atom. The summed E-state index contributed by atoms with van der Waals surface area (Å²) in [6.07, 6.45) is 2.91. The Kier molecular flexibility index (Phi) is 4.82. The van der Waals surface area contributed by atoms with E-state index in [2.05, 4.69) is 4.98 Å². The third-order valence-corrected chi connectivity index (χ3v) is 5.32. The largest absolute Gasteiger partial charge is 0.492 e. The molecule has 0 radical (unpaired) electrons. The number of halogens is 1. The Morgan fingerprint density at radius 3 is 2.64 bits per heavy atom. The van der Waals surface area contributed by atoms with Crippen molar-refractivity contribution in [2.75, 3.05) is 6.61 Å². The van der Waals surface area contributed by atoms with Gasteiger partial charge < -0.3 is 4.74 Å². The Morgan fingerprint density at radius 2 is 2.05 bits per heavy atom. The molecule has 0 aliphatic heterocycles. The SMILES string of the molecule is CCOc1cc(C)c(Cl)cc1S(=O)(=O)n1ccnc1C(C)C. The quantitative estimate of drug-likeness (QED) is 0.832. The number of aromatic nitrogens is 2. The van der Waals surface area contributed by atoms with Crippen LogP contribution in [0.2, 0.25) is 5.02 Å². The molecule has 0 N–H and O–H groups in total. The van der Waals surface area contributed by atoms with E-state index in [0.717, 1.165) is 5.56 Å². The minimum absolute atomic E-state index is 0.0266. The van der Waals surface area contributed by atoms with Crippen molar-refractivity contribution in [1.82, 2.24) is 8.96 Å². The minimum Gasteiger partial charge on any atom is -0.492 e. The van der Waals surface area contributed by atoms with Crippen LogP contribution in [0.5, 0.6) is 5.75 Å². The molecule has 2 rings (SSSR count). The Hall–Kier alpha value is -1.53. The molecule has 0 aliphatic rings. The van der Waals surface area contributed by atoms with Crippen LogP contribution in [-0.4, -0.2) is 24.0 Å². The summed E-state index contributed by atoms with van der Waals surface area (Å²) < 4.78 is 32.6. The molecular weight excluding hydrogens is 324 g/mol. The summed E-state index contributed by atoms with van der Waals surface area (Å²) in [4.78, 5) is 4.18. The van der Waals surface area contributed by atoms with Crippen molar-refractivity contribution in [3.63, 3.8) is 0 Å². The lowest BCUT2D eigenvalue weighted by molar-refractivity contribution is 0.330. The number of aryl methyl sites for hydroxylation is 1. The lowest BCUT2D eigenvalue weighted by Gasteiger charge is -2.15. The number of rotatable bonds is 5. The second kappa shape index (κ2) is 6.30. The van der Waals surface area contributed by atoms with Gasteiger partial charge in [-0.3, -0.25) is 0 Å². The Labute approximate surface area is 135 Å². The summed E-state index contributed by atoms with van der Waals surface area (Å²) in [6, 6.07) is 3.08. The molecule has 1 aromatic carbocycles. The second-order valence-electron chi connectivity index (χ2n) is 5.22. The molecule has 2 aromatic rings. The van der Waals surface area contributed by atoms with E-state index in [-0.39, 0.29) is 10.8 Å². The van der Waals surface area contributed by atoms with Gasteiger partial charge in [-0.05, 0) is 31.5 Å². The number of hydrogen-bond acceptors (Lipinski definition) is 4. The van der Waals surface area contributed by atoms with E-state index in [0.29, 0.717) is 23.2 Å². The van der Waals surface area contributed by atoms with Crippen LogP contribution in [0.4, 0.5) is 0 Å². The molecule has 120 valence electrons. The topological polar surface area (TPSA) is 61.2 Å². The Bertz CT molecular complexity index is 782. The first kappa shape index (κ1) is 16.8. The van der Waals surface area contributed by atoms with Gasteiger partial charge in [0.2, 0.25) is 0 Å². The first-order chi connectivity index (χ1) is 10.3. The highest BCUT2D eigenvalue weighted by molar-refractivity contribution is 7.90. The summed E-state index contributed by atoms with van der Waals surface area (Å²) in [5.41, 5.74) is 0.763. The van der Waals surface area contributed by atoms with Crippen molar-refractivity contribution >= 4 is 21.6 Å². The van der Waals surface area contributed by atoms with E-state index in [1.165, 1.54) is 22.4 Å². The van der Waals surface area contributed by atoms with Crippen molar-refractivity contribution in [2.24, 2.45) is 0 Å². The molecule has 0 bridgehead atoms. The number of benzene rings is 1. The first-order valence-electron chi connectivity index (χ1n) is 7.00. The van der Waals surface area contributed by atoms with Crippen LogP contribution < -0.4 is 4.74 Å². The molecule has 0 spiro atoms. The minimum atomic E-state index is -3.82. The second-order valence-corrected chi connectivity index (χ2v) is 7.41. The fourth-order valence-electron chi connectivity index (χ4n) is 2.12. The van der Waals surface area contributed by atoms with Gasteiger partial charge in [-0.2, -0.15) is 0 Å². The van der Waals surface area contributed by atoms with E-state index in [1.807, 2.05) is 13.8 Å². The molecule has 5 nitrogen and oxygen atoms in total. The number of hydrogen-bond donors (Lipinski definition) is 0. The average Bonchev–Trinajstić information content (AvgIpc) is 2.93. The number of imidazole rings is 1. The normalized spacial score (nSPS) is 11.9. The van der Waals surface area contributed by atoms with Gasteiger partial charge in [0.25, 0.3) is 10.0 Å². The van der Waals surface area contributed by atoms with Gasteiger partial charge in [0.05, 0.1) is 6.61 Å². The third kappa shape index (κ3) is 2.98. The van der Waals surface area contributed by atoms with Crippen LogP contribution in [-0.2, 0) is 10.0 Å². The maximum absolute atomic E-state index is 13.0. The monoisotopic (exact) mass is 342 g/mol. The smallest absolute Gasteiger partial charge is 0.272 e. The van der Waals surface area contributed by atoms with E-state index in [1.54, 1.807) is 19.9 Å². The van der Waals surface area contributed by atoms with Crippen LogP contribution in [0.15, 0.2) is 29.4 Å². The number of ether oxygens (including phenoxy) is 1. The molecule has 0 fully saturated rings. The molecule has 1 aromatic heterocycles. The maximum atomic E-state index is 13.0. The van der Waals surface area contributed by atoms with E-state index in [9.17, 15) is 8.42 Å². The molecule has 0 aliphatic carbocycles. The van der Waals surface area contributed by atoms with Crippen molar-refractivity contribution < 1.29 is 13.2 Å². The first-order valence-corrected chi connectivity index (χ1v) is 8.82. The molecule has 0 atom stereocenters. The predicted octanol–water partition coefficient (Wildman–Crippen LogP) is 3.60. The highest BCUT2D eigenvalue weighted by Crippen LogP contribution is 2.32. The molecule has 0 amide bonds. The highest BCUT2D eigenvalue weighted by atomic mass is 35.5. The fourth-order valence-corrected chi connectivity index (χ4v) is 3.92. The predicted molar refractivity (Wildman–Crippen MR) is 86.3 cm³/mol. The standard InChI is InChI=1S/C15H19ClN2O3S/c1-5-21-13-8-11(4)12(16)9-14(13)22(19,20)18-7-6-17-15(18)10(2)3/h6-10H,5H2,1-4H3. The van der Waals surface area contributed by atoms with Crippen molar-refractivity contribution in [3.8, 4) is 5.75 Å². The average molecular weight is 343 g/mol.